The first-order valence-corrected chi connectivity index (χ1v) is 7.10. The summed E-state index contributed by atoms with van der Waals surface area (Å²) in [7, 11) is 4.27. The van der Waals surface area contributed by atoms with Crippen LogP contribution < -0.4 is 19.5 Å². The van der Waals surface area contributed by atoms with Crippen molar-refractivity contribution < 1.29 is 33.3 Å². The van der Waals surface area contributed by atoms with E-state index in [1.54, 1.807) is 12.1 Å². The molecule has 1 aromatic heterocycles. The van der Waals surface area contributed by atoms with Crippen LogP contribution in [0, 0.1) is 0 Å². The predicted octanol–water partition coefficient (Wildman–Crippen LogP) is 2.16. The second kappa shape index (κ2) is 7.91. The number of benzene rings is 1. The highest BCUT2D eigenvalue weighted by Crippen LogP contribution is 2.38. The molecule has 2 rings (SSSR count). The number of hydrogen-bond donors (Lipinski definition) is 2. The summed E-state index contributed by atoms with van der Waals surface area (Å²) in [5.41, 5.74) is -0.199. The smallest absolute Gasteiger partial charge is 0.352 e. The summed E-state index contributed by atoms with van der Waals surface area (Å²) < 4.78 is 20.6. The fourth-order valence-corrected chi connectivity index (χ4v) is 2.07. The molecule has 0 bridgehead atoms. The second-order valence-corrected chi connectivity index (χ2v) is 4.75. The predicted molar refractivity (Wildman–Crippen MR) is 87.9 cm³/mol. The van der Waals surface area contributed by atoms with Crippen LogP contribution in [0.4, 0.5) is 0 Å². The number of hydrogen-bond acceptors (Lipinski definition) is 6. The minimum atomic E-state index is -1.31. The van der Waals surface area contributed by atoms with Crippen molar-refractivity contribution in [3.05, 3.63) is 47.5 Å². The highest BCUT2D eigenvalue weighted by atomic mass is 16.5. The Labute approximate surface area is 143 Å². The minimum absolute atomic E-state index is 0.140. The van der Waals surface area contributed by atoms with E-state index in [4.69, 9.17) is 18.6 Å². The number of carboxylic acids is 1. The van der Waals surface area contributed by atoms with Crippen molar-refractivity contribution in [2.24, 2.45) is 0 Å². The van der Waals surface area contributed by atoms with Gasteiger partial charge < -0.3 is 29.1 Å². The molecule has 0 aliphatic heterocycles. The van der Waals surface area contributed by atoms with E-state index < -0.39 is 11.9 Å². The van der Waals surface area contributed by atoms with E-state index in [1.807, 2.05) is 0 Å². The number of ether oxygens (including phenoxy) is 3. The summed E-state index contributed by atoms with van der Waals surface area (Å²) in [5.74, 6) is -0.789. The molecule has 1 amide bonds. The number of methoxy groups -OCH3 is 3. The Morgan fingerprint density at radius 3 is 2.20 bits per heavy atom. The summed E-state index contributed by atoms with van der Waals surface area (Å²) in [4.78, 5) is 23.8. The Morgan fingerprint density at radius 1 is 1.12 bits per heavy atom. The number of aliphatic carboxylic acids is 1. The topological polar surface area (TPSA) is 107 Å². The maximum Gasteiger partial charge on any atom is 0.352 e. The molecule has 0 saturated heterocycles. The van der Waals surface area contributed by atoms with Crippen LogP contribution in [0.5, 0.6) is 17.2 Å². The SMILES string of the molecule is COc1cc(C(=O)N/C(=C\c2ccco2)C(=O)O)cc(OC)c1OC. The lowest BCUT2D eigenvalue weighted by Gasteiger charge is -2.14. The van der Waals surface area contributed by atoms with Gasteiger partial charge in [0, 0.05) is 11.6 Å². The molecule has 0 spiro atoms. The Hall–Kier alpha value is -3.42. The first kappa shape index (κ1) is 17.9. The van der Waals surface area contributed by atoms with Gasteiger partial charge in [-0.15, -0.1) is 0 Å². The zero-order valence-corrected chi connectivity index (χ0v) is 13.9. The maximum atomic E-state index is 12.4. The molecule has 0 fully saturated rings. The van der Waals surface area contributed by atoms with Crippen molar-refractivity contribution in [3.8, 4) is 17.2 Å². The molecular weight excluding hydrogens is 330 g/mol. The van der Waals surface area contributed by atoms with E-state index in [2.05, 4.69) is 5.32 Å². The molecular formula is C17H17NO7. The summed E-state index contributed by atoms with van der Waals surface area (Å²) in [6.45, 7) is 0. The van der Waals surface area contributed by atoms with Gasteiger partial charge in [0.2, 0.25) is 5.75 Å². The summed E-state index contributed by atoms with van der Waals surface area (Å²) in [6, 6.07) is 6.01. The average Bonchev–Trinajstić information content (AvgIpc) is 3.12. The number of furan rings is 1. The van der Waals surface area contributed by atoms with Crippen LogP contribution in [-0.2, 0) is 4.79 Å². The molecule has 132 valence electrons. The van der Waals surface area contributed by atoms with Gasteiger partial charge in [0.1, 0.15) is 11.5 Å². The highest BCUT2D eigenvalue weighted by Gasteiger charge is 2.19. The molecule has 1 heterocycles. The van der Waals surface area contributed by atoms with Gasteiger partial charge in [-0.2, -0.15) is 0 Å². The molecule has 1 aromatic carbocycles. The third-order valence-corrected chi connectivity index (χ3v) is 3.24. The Balaban J connectivity index is 2.34. The van der Waals surface area contributed by atoms with E-state index >= 15 is 0 Å². The number of nitrogens with one attached hydrogen (secondary N) is 1. The van der Waals surface area contributed by atoms with Gasteiger partial charge in [-0.1, -0.05) is 0 Å². The van der Waals surface area contributed by atoms with E-state index in [0.29, 0.717) is 11.5 Å². The molecule has 2 N–H and O–H groups in total. The van der Waals surface area contributed by atoms with Crippen molar-refractivity contribution >= 4 is 18.0 Å². The molecule has 0 aliphatic carbocycles. The lowest BCUT2D eigenvalue weighted by molar-refractivity contribution is -0.132. The third-order valence-electron chi connectivity index (χ3n) is 3.24. The molecule has 0 aliphatic rings. The second-order valence-electron chi connectivity index (χ2n) is 4.75. The largest absolute Gasteiger partial charge is 0.493 e. The molecule has 0 atom stereocenters. The lowest BCUT2D eigenvalue weighted by atomic mass is 10.1. The molecule has 0 radical (unpaired) electrons. The van der Waals surface area contributed by atoms with Crippen LogP contribution >= 0.6 is 0 Å². The molecule has 2 aromatic rings. The average molecular weight is 347 g/mol. The van der Waals surface area contributed by atoms with E-state index in [-0.39, 0.29) is 22.8 Å². The Bertz CT molecular complexity index is 768. The van der Waals surface area contributed by atoms with Crippen molar-refractivity contribution in [1.29, 1.82) is 0 Å². The summed E-state index contributed by atoms with van der Waals surface area (Å²) >= 11 is 0. The normalized spacial score (nSPS) is 10.9. The van der Waals surface area contributed by atoms with Gasteiger partial charge in [-0.05, 0) is 24.3 Å². The summed E-state index contributed by atoms with van der Waals surface area (Å²) in [6.07, 6.45) is 2.60. The highest BCUT2D eigenvalue weighted by molar-refractivity contribution is 6.03. The molecule has 8 nitrogen and oxygen atoms in total. The number of carboxylic acid groups (broad SMARTS) is 1. The fraction of sp³-hybridized carbons (Fsp3) is 0.176. The van der Waals surface area contributed by atoms with E-state index in [0.717, 1.165) is 0 Å². The van der Waals surface area contributed by atoms with Crippen LogP contribution in [0.1, 0.15) is 16.1 Å². The first-order chi connectivity index (χ1) is 12.0. The van der Waals surface area contributed by atoms with Gasteiger partial charge in [-0.3, -0.25) is 4.79 Å². The fourth-order valence-electron chi connectivity index (χ4n) is 2.07. The molecule has 25 heavy (non-hydrogen) atoms. The van der Waals surface area contributed by atoms with Crippen molar-refractivity contribution in [2.45, 2.75) is 0 Å². The third kappa shape index (κ3) is 4.11. The number of rotatable bonds is 7. The monoisotopic (exact) mass is 347 g/mol. The van der Waals surface area contributed by atoms with Gasteiger partial charge in [0.15, 0.2) is 11.5 Å². The van der Waals surface area contributed by atoms with Crippen molar-refractivity contribution in [2.75, 3.05) is 21.3 Å². The summed E-state index contributed by atoms with van der Waals surface area (Å²) in [5, 5.41) is 11.6. The van der Waals surface area contributed by atoms with E-state index in [9.17, 15) is 14.7 Å². The van der Waals surface area contributed by atoms with Crippen LogP contribution in [0.25, 0.3) is 6.08 Å². The zero-order chi connectivity index (χ0) is 18.4. The van der Waals surface area contributed by atoms with Gasteiger partial charge >= 0.3 is 5.97 Å². The number of carbonyl (C=O) groups is 2. The van der Waals surface area contributed by atoms with Gasteiger partial charge in [-0.25, -0.2) is 4.79 Å². The standard InChI is InChI=1S/C17H17NO7/c1-22-13-7-10(8-14(23-2)15(13)24-3)16(19)18-12(17(20)21)9-11-5-4-6-25-11/h4-9H,1-3H3,(H,18,19)(H,20,21)/b12-9-. The van der Waals surface area contributed by atoms with Crippen LogP contribution in [0.3, 0.4) is 0 Å². The molecule has 8 heteroatoms. The van der Waals surface area contributed by atoms with Crippen LogP contribution in [0.2, 0.25) is 0 Å². The Kier molecular flexibility index (Phi) is 5.67. The van der Waals surface area contributed by atoms with E-state index in [1.165, 1.54) is 45.8 Å². The quantitative estimate of drug-likeness (QED) is 0.739. The minimum Gasteiger partial charge on any atom is -0.493 e. The first-order valence-electron chi connectivity index (χ1n) is 7.10. The van der Waals surface area contributed by atoms with Gasteiger partial charge in [0.05, 0.1) is 27.6 Å². The van der Waals surface area contributed by atoms with Crippen molar-refractivity contribution in [3.63, 3.8) is 0 Å². The lowest BCUT2D eigenvalue weighted by Crippen LogP contribution is -2.27. The van der Waals surface area contributed by atoms with Crippen LogP contribution in [0.15, 0.2) is 40.6 Å². The Morgan fingerprint density at radius 2 is 1.76 bits per heavy atom. The molecule has 0 unspecified atom stereocenters. The maximum absolute atomic E-state index is 12.4. The number of carbonyl (C=O) groups excluding carboxylic acids is 1. The zero-order valence-electron chi connectivity index (χ0n) is 13.9. The van der Waals surface area contributed by atoms with Gasteiger partial charge in [0.25, 0.3) is 5.91 Å². The number of amides is 1. The van der Waals surface area contributed by atoms with Crippen LogP contribution in [-0.4, -0.2) is 38.3 Å². The molecule has 0 saturated carbocycles. The van der Waals surface area contributed by atoms with Crippen molar-refractivity contribution in [1.82, 2.24) is 5.32 Å².